The summed E-state index contributed by atoms with van der Waals surface area (Å²) < 4.78 is 5.54. The average molecular weight is 266 g/mol. The second-order valence-electron chi connectivity index (χ2n) is 5.47. The van der Waals surface area contributed by atoms with Crippen molar-refractivity contribution in [1.82, 2.24) is 9.80 Å². The monoisotopic (exact) mass is 266 g/mol. The second-order valence-corrected chi connectivity index (χ2v) is 5.47. The molecule has 4 atom stereocenters. The van der Waals surface area contributed by atoms with E-state index in [2.05, 4.69) is 4.90 Å². The van der Waals surface area contributed by atoms with Gasteiger partial charge >= 0.3 is 5.97 Å². The fourth-order valence-corrected chi connectivity index (χ4v) is 3.13. The molecule has 0 aromatic carbocycles. The van der Waals surface area contributed by atoms with Crippen molar-refractivity contribution in [3.8, 4) is 0 Å². The summed E-state index contributed by atoms with van der Waals surface area (Å²) in [6.07, 6.45) is 2.78. The van der Waals surface area contributed by atoms with Gasteiger partial charge in [0.2, 0.25) is 5.91 Å². The summed E-state index contributed by atoms with van der Waals surface area (Å²) in [4.78, 5) is 27.8. The van der Waals surface area contributed by atoms with Crippen molar-refractivity contribution in [1.29, 1.82) is 0 Å². The summed E-state index contributed by atoms with van der Waals surface area (Å²) in [7, 11) is 2.02. The molecule has 0 aromatic rings. The third-order valence-corrected chi connectivity index (χ3v) is 4.28. The zero-order valence-electron chi connectivity index (χ0n) is 10.9. The Bertz CT molecular complexity index is 428. The molecule has 0 spiro atoms. The molecule has 0 aliphatic carbocycles. The molecule has 2 bridgehead atoms. The second kappa shape index (κ2) is 4.61. The first-order valence-corrected chi connectivity index (χ1v) is 6.62. The Hall–Kier alpha value is -1.40. The summed E-state index contributed by atoms with van der Waals surface area (Å²) in [5, 5.41) is 9.30. The van der Waals surface area contributed by atoms with E-state index in [-0.39, 0.29) is 12.0 Å². The standard InChI is InChI=1S/C13H18N2O4/c1-14-4-6-15(7-5-14)12(16)10-8-2-3-9(19-8)11(10)13(17)18/h2-3,8-11H,4-7H2,1H3,(H,17,18)/t8-,9+,10+,11+/m1/s1. The highest BCUT2D eigenvalue weighted by Crippen LogP contribution is 2.40. The third-order valence-electron chi connectivity index (χ3n) is 4.28. The van der Waals surface area contributed by atoms with Crippen LogP contribution in [0.3, 0.4) is 0 Å². The number of fused-ring (bicyclic) bond motifs is 2. The number of hydrogen-bond donors (Lipinski definition) is 1. The molecule has 6 nitrogen and oxygen atoms in total. The zero-order valence-corrected chi connectivity index (χ0v) is 10.9. The lowest BCUT2D eigenvalue weighted by molar-refractivity contribution is -0.150. The molecule has 1 N–H and O–H groups in total. The van der Waals surface area contributed by atoms with Crippen LogP contribution in [0, 0.1) is 11.8 Å². The van der Waals surface area contributed by atoms with Crippen LogP contribution in [0.1, 0.15) is 0 Å². The molecule has 3 aliphatic rings. The Balaban J connectivity index is 1.75. The molecule has 0 saturated carbocycles. The summed E-state index contributed by atoms with van der Waals surface area (Å²) in [6.45, 7) is 3.00. The van der Waals surface area contributed by atoms with Crippen molar-refractivity contribution in [2.75, 3.05) is 33.2 Å². The zero-order chi connectivity index (χ0) is 13.6. The number of rotatable bonds is 2. The van der Waals surface area contributed by atoms with Gasteiger partial charge in [-0.1, -0.05) is 12.2 Å². The maximum atomic E-state index is 12.5. The van der Waals surface area contributed by atoms with Crippen molar-refractivity contribution in [3.63, 3.8) is 0 Å². The van der Waals surface area contributed by atoms with Gasteiger partial charge in [0.05, 0.1) is 18.1 Å². The largest absolute Gasteiger partial charge is 0.481 e. The number of aliphatic carboxylic acids is 1. The molecule has 3 rings (SSSR count). The number of likely N-dealkylation sites (N-methyl/N-ethyl adjacent to an activating group) is 1. The molecular formula is C13H18N2O4. The van der Waals surface area contributed by atoms with E-state index < -0.39 is 23.9 Å². The maximum absolute atomic E-state index is 12.5. The molecule has 2 saturated heterocycles. The summed E-state index contributed by atoms with van der Waals surface area (Å²) >= 11 is 0. The first-order chi connectivity index (χ1) is 9.08. The smallest absolute Gasteiger partial charge is 0.310 e. The minimum Gasteiger partial charge on any atom is -0.481 e. The summed E-state index contributed by atoms with van der Waals surface area (Å²) in [6, 6.07) is 0. The first kappa shape index (κ1) is 12.6. The molecule has 104 valence electrons. The molecule has 2 fully saturated rings. The van der Waals surface area contributed by atoms with Crippen LogP contribution in [0.2, 0.25) is 0 Å². The van der Waals surface area contributed by atoms with E-state index in [1.807, 2.05) is 13.1 Å². The summed E-state index contributed by atoms with van der Waals surface area (Å²) in [5.74, 6) is -2.31. The molecule has 6 heteroatoms. The van der Waals surface area contributed by atoms with E-state index >= 15 is 0 Å². The van der Waals surface area contributed by atoms with Gasteiger partial charge in [-0.2, -0.15) is 0 Å². The normalized spacial score (nSPS) is 37.8. The van der Waals surface area contributed by atoms with Gasteiger partial charge in [-0.25, -0.2) is 0 Å². The van der Waals surface area contributed by atoms with Crippen LogP contribution in [0.25, 0.3) is 0 Å². The van der Waals surface area contributed by atoms with Gasteiger partial charge in [-0.3, -0.25) is 9.59 Å². The highest BCUT2D eigenvalue weighted by molar-refractivity contribution is 5.87. The fourth-order valence-electron chi connectivity index (χ4n) is 3.13. The number of piperazine rings is 1. The van der Waals surface area contributed by atoms with Gasteiger partial charge in [0.15, 0.2) is 0 Å². The Kier molecular flexibility index (Phi) is 3.06. The van der Waals surface area contributed by atoms with Crippen LogP contribution in [-0.2, 0) is 14.3 Å². The van der Waals surface area contributed by atoms with Gasteiger partial charge in [0.1, 0.15) is 5.92 Å². The van der Waals surface area contributed by atoms with Crippen LogP contribution >= 0.6 is 0 Å². The van der Waals surface area contributed by atoms with Gasteiger partial charge in [0.25, 0.3) is 0 Å². The molecular weight excluding hydrogens is 248 g/mol. The van der Waals surface area contributed by atoms with E-state index in [1.54, 1.807) is 11.0 Å². The molecule has 0 radical (unpaired) electrons. The quantitative estimate of drug-likeness (QED) is 0.677. The number of amides is 1. The van der Waals surface area contributed by atoms with Gasteiger partial charge in [0, 0.05) is 26.2 Å². The number of ether oxygens (including phenoxy) is 1. The SMILES string of the molecule is CN1CCN(C(=O)[C@@H]2[C@@H](C(=O)O)[C@@H]3C=C[C@H]2O3)CC1. The Labute approximate surface area is 111 Å². The minimum absolute atomic E-state index is 0.0719. The first-order valence-electron chi connectivity index (χ1n) is 6.62. The lowest BCUT2D eigenvalue weighted by Crippen LogP contribution is -2.52. The van der Waals surface area contributed by atoms with E-state index in [0.717, 1.165) is 13.1 Å². The maximum Gasteiger partial charge on any atom is 0.310 e. The van der Waals surface area contributed by atoms with Gasteiger partial charge in [-0.15, -0.1) is 0 Å². The number of carbonyl (C=O) groups excluding carboxylic acids is 1. The number of carboxylic acids is 1. The van der Waals surface area contributed by atoms with Crippen LogP contribution < -0.4 is 0 Å². The Morgan fingerprint density at radius 3 is 2.26 bits per heavy atom. The molecule has 3 heterocycles. The lowest BCUT2D eigenvalue weighted by atomic mass is 9.82. The van der Waals surface area contributed by atoms with Crippen molar-refractivity contribution < 1.29 is 19.4 Å². The van der Waals surface area contributed by atoms with Gasteiger partial charge < -0.3 is 19.6 Å². The molecule has 0 aromatic heterocycles. The van der Waals surface area contributed by atoms with Crippen molar-refractivity contribution >= 4 is 11.9 Å². The number of hydrogen-bond acceptors (Lipinski definition) is 4. The molecule has 19 heavy (non-hydrogen) atoms. The number of carbonyl (C=O) groups is 2. The Morgan fingerprint density at radius 1 is 1.11 bits per heavy atom. The van der Waals surface area contributed by atoms with Crippen LogP contribution in [-0.4, -0.2) is 72.2 Å². The number of nitrogens with zero attached hydrogens (tertiary/aromatic N) is 2. The molecule has 1 amide bonds. The van der Waals surface area contributed by atoms with Crippen LogP contribution in [0.4, 0.5) is 0 Å². The van der Waals surface area contributed by atoms with Crippen molar-refractivity contribution in [3.05, 3.63) is 12.2 Å². The van der Waals surface area contributed by atoms with E-state index in [4.69, 9.17) is 4.74 Å². The topological polar surface area (TPSA) is 70.1 Å². The van der Waals surface area contributed by atoms with E-state index in [1.165, 1.54) is 0 Å². The number of carboxylic acid groups (broad SMARTS) is 1. The molecule has 0 unspecified atom stereocenters. The predicted molar refractivity (Wildman–Crippen MR) is 66.5 cm³/mol. The highest BCUT2D eigenvalue weighted by atomic mass is 16.5. The lowest BCUT2D eigenvalue weighted by Gasteiger charge is -2.35. The van der Waals surface area contributed by atoms with Crippen LogP contribution in [0.15, 0.2) is 12.2 Å². The third kappa shape index (κ3) is 2.04. The highest BCUT2D eigenvalue weighted by Gasteiger charge is 2.54. The van der Waals surface area contributed by atoms with Crippen molar-refractivity contribution in [2.24, 2.45) is 11.8 Å². The molecule has 3 aliphatic heterocycles. The van der Waals surface area contributed by atoms with Crippen molar-refractivity contribution in [2.45, 2.75) is 12.2 Å². The Morgan fingerprint density at radius 2 is 1.68 bits per heavy atom. The predicted octanol–water partition coefficient (Wildman–Crippen LogP) is -0.585. The fraction of sp³-hybridized carbons (Fsp3) is 0.692. The minimum atomic E-state index is -0.940. The van der Waals surface area contributed by atoms with E-state index in [9.17, 15) is 14.7 Å². The van der Waals surface area contributed by atoms with Crippen LogP contribution in [0.5, 0.6) is 0 Å². The van der Waals surface area contributed by atoms with Gasteiger partial charge in [-0.05, 0) is 7.05 Å². The van der Waals surface area contributed by atoms with E-state index in [0.29, 0.717) is 13.1 Å². The average Bonchev–Trinajstić information content (AvgIpc) is 2.98. The summed E-state index contributed by atoms with van der Waals surface area (Å²) in [5.41, 5.74) is 0.